The lowest BCUT2D eigenvalue weighted by Crippen LogP contribution is -2.35. The molecule has 2 N–H and O–H groups in total. The molecule has 3 heteroatoms. The Balaban J connectivity index is 1.58. The first kappa shape index (κ1) is 14.6. The number of aryl methyl sites for hydroxylation is 2. The minimum absolute atomic E-state index is 0.308. The number of rotatable bonds is 3. The molecule has 1 atom stereocenters. The highest BCUT2D eigenvalue weighted by atomic mass is 16.2. The van der Waals surface area contributed by atoms with Gasteiger partial charge in [0.25, 0.3) is 0 Å². The Labute approximate surface area is 127 Å². The zero-order valence-electron chi connectivity index (χ0n) is 12.8. The number of benzene rings is 1. The fourth-order valence-electron chi connectivity index (χ4n) is 3.55. The minimum Gasteiger partial charge on any atom is -0.343 e. The van der Waals surface area contributed by atoms with Gasteiger partial charge < -0.3 is 10.6 Å². The van der Waals surface area contributed by atoms with Crippen LogP contribution in [0.3, 0.4) is 0 Å². The summed E-state index contributed by atoms with van der Waals surface area (Å²) < 4.78 is 0. The second-order valence-corrected chi connectivity index (χ2v) is 6.55. The number of nitrogens with two attached hydrogens (primary N) is 1. The highest BCUT2D eigenvalue weighted by Gasteiger charge is 2.18. The molecule has 114 valence electrons. The molecule has 1 aromatic rings. The van der Waals surface area contributed by atoms with Crippen LogP contribution in [0, 0.1) is 0 Å². The van der Waals surface area contributed by atoms with E-state index in [1.807, 2.05) is 4.90 Å². The number of carbonyl (C=O) groups is 1. The lowest BCUT2D eigenvalue weighted by atomic mass is 9.87. The predicted octanol–water partition coefficient (Wildman–Crippen LogP) is 2.45. The zero-order valence-corrected chi connectivity index (χ0v) is 12.8. The predicted molar refractivity (Wildman–Crippen MR) is 85.2 cm³/mol. The molecule has 1 aliphatic heterocycles. The van der Waals surface area contributed by atoms with Gasteiger partial charge in [0.2, 0.25) is 5.91 Å². The van der Waals surface area contributed by atoms with Gasteiger partial charge in [0, 0.05) is 25.6 Å². The van der Waals surface area contributed by atoms with Crippen molar-refractivity contribution in [3.63, 3.8) is 0 Å². The van der Waals surface area contributed by atoms with Crippen molar-refractivity contribution in [1.29, 1.82) is 0 Å². The molecule has 3 nitrogen and oxygen atoms in total. The van der Waals surface area contributed by atoms with Crippen LogP contribution in [0.5, 0.6) is 0 Å². The largest absolute Gasteiger partial charge is 0.343 e. The van der Waals surface area contributed by atoms with Gasteiger partial charge in [-0.15, -0.1) is 0 Å². The molecule has 0 radical (unpaired) electrons. The molecule has 0 aromatic heterocycles. The molecule has 1 fully saturated rings. The van der Waals surface area contributed by atoms with Gasteiger partial charge in [-0.3, -0.25) is 4.79 Å². The molecule has 2 aliphatic rings. The van der Waals surface area contributed by atoms with Gasteiger partial charge in [0.15, 0.2) is 0 Å². The molecule has 0 bridgehead atoms. The van der Waals surface area contributed by atoms with Gasteiger partial charge in [-0.2, -0.15) is 0 Å². The molecule has 0 spiro atoms. The Morgan fingerprint density at radius 2 is 2.00 bits per heavy atom. The van der Waals surface area contributed by atoms with Crippen LogP contribution in [-0.2, 0) is 24.1 Å². The molecular weight excluding hydrogens is 260 g/mol. The van der Waals surface area contributed by atoms with Gasteiger partial charge in [-0.1, -0.05) is 18.2 Å². The summed E-state index contributed by atoms with van der Waals surface area (Å²) in [7, 11) is 0. The van der Waals surface area contributed by atoms with E-state index in [9.17, 15) is 4.79 Å². The Hall–Kier alpha value is -1.35. The second kappa shape index (κ2) is 6.61. The van der Waals surface area contributed by atoms with Gasteiger partial charge in [0.1, 0.15) is 0 Å². The number of nitrogens with zero attached hydrogens (tertiary/aromatic N) is 1. The maximum atomic E-state index is 12.2. The van der Waals surface area contributed by atoms with Crippen molar-refractivity contribution >= 4 is 5.91 Å². The summed E-state index contributed by atoms with van der Waals surface area (Å²) in [6.45, 7) is 1.91. The molecule has 1 heterocycles. The van der Waals surface area contributed by atoms with E-state index in [0.29, 0.717) is 18.4 Å². The first-order valence-electron chi connectivity index (χ1n) is 8.36. The standard InChI is InChI=1S/C18H26N2O/c19-17-8-7-15-6-4-14(12-16(15)13-17)5-9-18(21)20-10-2-1-3-11-20/h4,6,12,17H,1-3,5,7-11,13,19H2/t17-/m0/s1. The van der Waals surface area contributed by atoms with Crippen molar-refractivity contribution in [2.45, 2.75) is 57.4 Å². The third kappa shape index (κ3) is 3.65. The van der Waals surface area contributed by atoms with E-state index in [1.165, 1.54) is 36.0 Å². The van der Waals surface area contributed by atoms with Crippen LogP contribution in [0.15, 0.2) is 18.2 Å². The first-order chi connectivity index (χ1) is 10.2. The topological polar surface area (TPSA) is 46.3 Å². The minimum atomic E-state index is 0.308. The highest BCUT2D eigenvalue weighted by Crippen LogP contribution is 2.22. The number of piperidine rings is 1. The average Bonchev–Trinajstić information content (AvgIpc) is 2.53. The molecular formula is C18H26N2O. The van der Waals surface area contributed by atoms with Gasteiger partial charge in [-0.05, 0) is 61.6 Å². The summed E-state index contributed by atoms with van der Waals surface area (Å²) in [4.78, 5) is 14.3. The van der Waals surface area contributed by atoms with Crippen molar-refractivity contribution in [3.8, 4) is 0 Å². The summed E-state index contributed by atoms with van der Waals surface area (Å²) in [5, 5.41) is 0. The fourth-order valence-corrected chi connectivity index (χ4v) is 3.55. The number of amides is 1. The summed E-state index contributed by atoms with van der Waals surface area (Å²) in [6.07, 6.45) is 8.30. The van der Waals surface area contributed by atoms with Crippen LogP contribution < -0.4 is 5.73 Å². The number of likely N-dealkylation sites (tertiary alicyclic amines) is 1. The molecule has 1 amide bonds. The Bertz CT molecular complexity index is 506. The van der Waals surface area contributed by atoms with Crippen molar-refractivity contribution in [2.24, 2.45) is 5.73 Å². The number of hydrogen-bond donors (Lipinski definition) is 1. The number of fused-ring (bicyclic) bond motifs is 1. The van der Waals surface area contributed by atoms with Crippen LogP contribution >= 0.6 is 0 Å². The van der Waals surface area contributed by atoms with Gasteiger partial charge in [-0.25, -0.2) is 0 Å². The molecule has 21 heavy (non-hydrogen) atoms. The summed E-state index contributed by atoms with van der Waals surface area (Å²) >= 11 is 0. The van der Waals surface area contributed by atoms with Crippen molar-refractivity contribution < 1.29 is 4.79 Å². The van der Waals surface area contributed by atoms with Crippen molar-refractivity contribution in [2.75, 3.05) is 13.1 Å². The van der Waals surface area contributed by atoms with Gasteiger partial charge >= 0.3 is 0 Å². The molecule has 1 aromatic carbocycles. The van der Waals surface area contributed by atoms with E-state index in [-0.39, 0.29) is 0 Å². The third-order valence-corrected chi connectivity index (χ3v) is 4.87. The van der Waals surface area contributed by atoms with E-state index < -0.39 is 0 Å². The lowest BCUT2D eigenvalue weighted by Gasteiger charge is -2.27. The molecule has 0 unspecified atom stereocenters. The maximum Gasteiger partial charge on any atom is 0.222 e. The summed E-state index contributed by atoms with van der Waals surface area (Å²) in [5.74, 6) is 0.323. The summed E-state index contributed by atoms with van der Waals surface area (Å²) in [5.41, 5.74) is 10.2. The van der Waals surface area contributed by atoms with Crippen LogP contribution in [0.4, 0.5) is 0 Å². The molecule has 3 rings (SSSR count). The molecule has 0 saturated carbocycles. The zero-order chi connectivity index (χ0) is 14.7. The highest BCUT2D eigenvalue weighted by molar-refractivity contribution is 5.76. The SMILES string of the molecule is N[C@H]1CCc2ccc(CCC(=O)N3CCCCC3)cc2C1. The van der Waals surface area contributed by atoms with Crippen molar-refractivity contribution in [3.05, 3.63) is 34.9 Å². The van der Waals surface area contributed by atoms with E-state index in [4.69, 9.17) is 5.73 Å². The van der Waals surface area contributed by atoms with E-state index in [2.05, 4.69) is 18.2 Å². The molecule has 1 aliphatic carbocycles. The Morgan fingerprint density at radius 1 is 1.19 bits per heavy atom. The quantitative estimate of drug-likeness (QED) is 0.927. The van der Waals surface area contributed by atoms with Crippen LogP contribution in [0.25, 0.3) is 0 Å². The van der Waals surface area contributed by atoms with E-state index in [1.54, 1.807) is 0 Å². The normalized spacial score (nSPS) is 22.0. The first-order valence-corrected chi connectivity index (χ1v) is 8.36. The Kier molecular flexibility index (Phi) is 4.59. The average molecular weight is 286 g/mol. The van der Waals surface area contributed by atoms with E-state index in [0.717, 1.165) is 38.8 Å². The van der Waals surface area contributed by atoms with Crippen LogP contribution in [0.1, 0.15) is 48.8 Å². The summed E-state index contributed by atoms with van der Waals surface area (Å²) in [6, 6.07) is 7.02. The number of hydrogen-bond acceptors (Lipinski definition) is 2. The van der Waals surface area contributed by atoms with Gasteiger partial charge in [0.05, 0.1) is 0 Å². The second-order valence-electron chi connectivity index (χ2n) is 6.55. The Morgan fingerprint density at radius 3 is 2.81 bits per heavy atom. The monoisotopic (exact) mass is 286 g/mol. The van der Waals surface area contributed by atoms with Crippen LogP contribution in [0.2, 0.25) is 0 Å². The van der Waals surface area contributed by atoms with E-state index >= 15 is 0 Å². The number of carbonyl (C=O) groups excluding carboxylic acids is 1. The lowest BCUT2D eigenvalue weighted by molar-refractivity contribution is -0.132. The maximum absolute atomic E-state index is 12.2. The van der Waals surface area contributed by atoms with Crippen LogP contribution in [-0.4, -0.2) is 29.9 Å². The smallest absolute Gasteiger partial charge is 0.222 e. The fraction of sp³-hybridized carbons (Fsp3) is 0.611. The molecule has 1 saturated heterocycles. The third-order valence-electron chi connectivity index (χ3n) is 4.87. The van der Waals surface area contributed by atoms with Crippen molar-refractivity contribution in [1.82, 2.24) is 4.90 Å².